The summed E-state index contributed by atoms with van der Waals surface area (Å²) in [6.45, 7) is 6.94. The van der Waals surface area contributed by atoms with Gasteiger partial charge in [-0.1, -0.05) is 19.9 Å². The van der Waals surface area contributed by atoms with Crippen molar-refractivity contribution in [3.63, 3.8) is 0 Å². The zero-order valence-corrected chi connectivity index (χ0v) is 11.1. The Balaban J connectivity index is 2.53. The third-order valence-electron chi connectivity index (χ3n) is 2.51. The number of nitriles is 1. The van der Waals surface area contributed by atoms with E-state index in [0.717, 1.165) is 11.3 Å². The van der Waals surface area contributed by atoms with Crippen molar-refractivity contribution in [2.45, 2.75) is 20.8 Å². The van der Waals surface area contributed by atoms with Crippen LogP contribution in [0.5, 0.6) is 0 Å². The Kier molecular flexibility index (Phi) is 5.19. The van der Waals surface area contributed by atoms with E-state index in [1.807, 2.05) is 26.8 Å². The molecule has 1 amide bonds. The summed E-state index contributed by atoms with van der Waals surface area (Å²) in [6.07, 6.45) is 0. The van der Waals surface area contributed by atoms with Crippen molar-refractivity contribution >= 4 is 11.6 Å². The molecule has 0 atom stereocenters. The number of carbonyl (C=O) groups excluding carboxylic acids is 1. The lowest BCUT2D eigenvalue weighted by Crippen LogP contribution is -2.32. The first-order valence-electron chi connectivity index (χ1n) is 6.04. The number of amides is 1. The second kappa shape index (κ2) is 6.65. The molecule has 0 heterocycles. The average molecular weight is 245 g/mol. The molecule has 0 radical (unpaired) electrons. The smallest absolute Gasteiger partial charge is 0.239 e. The van der Waals surface area contributed by atoms with Crippen molar-refractivity contribution in [1.82, 2.24) is 5.32 Å². The number of rotatable bonds is 5. The lowest BCUT2D eigenvalue weighted by molar-refractivity contribution is -0.119. The van der Waals surface area contributed by atoms with Gasteiger partial charge in [0.1, 0.15) is 0 Å². The maximum atomic E-state index is 11.5. The highest BCUT2D eigenvalue weighted by Gasteiger charge is 2.04. The molecule has 0 spiro atoms. The molecule has 18 heavy (non-hydrogen) atoms. The average Bonchev–Trinajstić information content (AvgIpc) is 2.35. The quantitative estimate of drug-likeness (QED) is 0.834. The third-order valence-corrected chi connectivity index (χ3v) is 2.51. The summed E-state index contributed by atoms with van der Waals surface area (Å²) < 4.78 is 0. The summed E-state index contributed by atoms with van der Waals surface area (Å²) in [5, 5.41) is 14.7. The number of nitrogens with zero attached hydrogens (tertiary/aromatic N) is 1. The van der Waals surface area contributed by atoms with E-state index in [4.69, 9.17) is 5.26 Å². The number of hydrogen-bond acceptors (Lipinski definition) is 3. The van der Waals surface area contributed by atoms with E-state index in [1.165, 1.54) is 0 Å². The Morgan fingerprint density at radius 3 is 2.78 bits per heavy atom. The number of hydrogen-bond donors (Lipinski definition) is 2. The van der Waals surface area contributed by atoms with Crippen molar-refractivity contribution in [3.8, 4) is 6.07 Å². The number of nitrogens with one attached hydrogen (secondary N) is 2. The maximum absolute atomic E-state index is 11.5. The van der Waals surface area contributed by atoms with Gasteiger partial charge in [0.15, 0.2) is 0 Å². The molecule has 1 aromatic rings. The fraction of sp³-hybridized carbons (Fsp3) is 0.429. The minimum absolute atomic E-state index is 0.0366. The van der Waals surface area contributed by atoms with Gasteiger partial charge >= 0.3 is 0 Å². The molecule has 1 aromatic carbocycles. The molecular formula is C14H19N3O. The standard InChI is InChI=1S/C14H19N3O/c1-10(2)8-17-14(18)9-16-13-6-12(7-15)5-4-11(13)3/h4-6,10,16H,8-9H2,1-3H3,(H,17,18). The molecule has 96 valence electrons. The van der Waals surface area contributed by atoms with Gasteiger partial charge < -0.3 is 10.6 Å². The SMILES string of the molecule is Cc1ccc(C#N)cc1NCC(=O)NCC(C)C. The van der Waals surface area contributed by atoms with Crippen molar-refractivity contribution in [1.29, 1.82) is 5.26 Å². The predicted octanol–water partition coefficient (Wildman–Crippen LogP) is 2.05. The predicted molar refractivity (Wildman–Crippen MR) is 72.2 cm³/mol. The van der Waals surface area contributed by atoms with Crippen molar-refractivity contribution in [3.05, 3.63) is 29.3 Å². The Morgan fingerprint density at radius 2 is 2.17 bits per heavy atom. The second-order valence-electron chi connectivity index (χ2n) is 4.69. The third kappa shape index (κ3) is 4.46. The monoisotopic (exact) mass is 245 g/mol. The van der Waals surface area contributed by atoms with Crippen LogP contribution in [0.25, 0.3) is 0 Å². The van der Waals surface area contributed by atoms with Crippen LogP contribution in [0.3, 0.4) is 0 Å². The molecular weight excluding hydrogens is 226 g/mol. The molecule has 0 saturated heterocycles. The Bertz CT molecular complexity index is 461. The molecule has 4 heteroatoms. The minimum Gasteiger partial charge on any atom is -0.376 e. The Labute approximate surface area is 108 Å². The van der Waals surface area contributed by atoms with Crippen LogP contribution in [0.15, 0.2) is 18.2 Å². The number of anilines is 1. The van der Waals surface area contributed by atoms with Crippen LogP contribution < -0.4 is 10.6 Å². The van der Waals surface area contributed by atoms with Crippen LogP contribution in [0.1, 0.15) is 25.0 Å². The van der Waals surface area contributed by atoms with Crippen molar-refractivity contribution < 1.29 is 4.79 Å². The number of benzene rings is 1. The normalized spacial score (nSPS) is 9.94. The van der Waals surface area contributed by atoms with Gasteiger partial charge in [-0.2, -0.15) is 5.26 Å². The van der Waals surface area contributed by atoms with Crippen LogP contribution in [0, 0.1) is 24.2 Å². The van der Waals surface area contributed by atoms with E-state index >= 15 is 0 Å². The molecule has 0 aliphatic carbocycles. The van der Waals surface area contributed by atoms with E-state index in [-0.39, 0.29) is 12.5 Å². The van der Waals surface area contributed by atoms with E-state index in [2.05, 4.69) is 16.7 Å². The highest BCUT2D eigenvalue weighted by Crippen LogP contribution is 2.15. The van der Waals surface area contributed by atoms with Crippen LogP contribution in [-0.2, 0) is 4.79 Å². The topological polar surface area (TPSA) is 64.9 Å². The lowest BCUT2D eigenvalue weighted by Gasteiger charge is -2.11. The summed E-state index contributed by atoms with van der Waals surface area (Å²) in [5.41, 5.74) is 2.44. The van der Waals surface area contributed by atoms with Crippen LogP contribution in [0.4, 0.5) is 5.69 Å². The van der Waals surface area contributed by atoms with Gasteiger partial charge in [-0.15, -0.1) is 0 Å². The first kappa shape index (κ1) is 14.0. The molecule has 0 aliphatic heterocycles. The first-order valence-corrected chi connectivity index (χ1v) is 6.04. The molecule has 0 saturated carbocycles. The lowest BCUT2D eigenvalue weighted by atomic mass is 10.1. The Hall–Kier alpha value is -2.02. The molecule has 0 unspecified atom stereocenters. The summed E-state index contributed by atoms with van der Waals surface area (Å²) in [7, 11) is 0. The maximum Gasteiger partial charge on any atom is 0.239 e. The molecule has 0 aliphatic rings. The molecule has 0 fully saturated rings. The molecule has 4 nitrogen and oxygen atoms in total. The van der Waals surface area contributed by atoms with E-state index in [9.17, 15) is 4.79 Å². The zero-order valence-electron chi connectivity index (χ0n) is 11.1. The minimum atomic E-state index is -0.0366. The van der Waals surface area contributed by atoms with E-state index in [1.54, 1.807) is 12.1 Å². The second-order valence-corrected chi connectivity index (χ2v) is 4.69. The highest BCUT2D eigenvalue weighted by atomic mass is 16.1. The highest BCUT2D eigenvalue weighted by molar-refractivity contribution is 5.81. The van der Waals surface area contributed by atoms with Crippen LogP contribution >= 0.6 is 0 Å². The summed E-state index contributed by atoms with van der Waals surface area (Å²) in [6, 6.07) is 7.47. The number of aryl methyl sites for hydroxylation is 1. The van der Waals surface area contributed by atoms with Gasteiger partial charge in [-0.3, -0.25) is 4.79 Å². The van der Waals surface area contributed by atoms with Gasteiger partial charge in [-0.05, 0) is 30.5 Å². The molecule has 0 bridgehead atoms. The van der Waals surface area contributed by atoms with E-state index < -0.39 is 0 Å². The number of carbonyl (C=O) groups is 1. The largest absolute Gasteiger partial charge is 0.376 e. The Morgan fingerprint density at radius 1 is 1.44 bits per heavy atom. The van der Waals surface area contributed by atoms with Gasteiger partial charge in [0.25, 0.3) is 0 Å². The van der Waals surface area contributed by atoms with Gasteiger partial charge in [0.05, 0.1) is 18.2 Å². The van der Waals surface area contributed by atoms with Gasteiger partial charge in [0, 0.05) is 12.2 Å². The fourth-order valence-electron chi connectivity index (χ4n) is 1.44. The van der Waals surface area contributed by atoms with Crippen molar-refractivity contribution in [2.24, 2.45) is 5.92 Å². The van der Waals surface area contributed by atoms with Crippen molar-refractivity contribution in [2.75, 3.05) is 18.4 Å². The molecule has 2 N–H and O–H groups in total. The van der Waals surface area contributed by atoms with Crippen LogP contribution in [-0.4, -0.2) is 19.0 Å². The summed E-state index contributed by atoms with van der Waals surface area (Å²) >= 11 is 0. The van der Waals surface area contributed by atoms with Crippen LogP contribution in [0.2, 0.25) is 0 Å². The summed E-state index contributed by atoms with van der Waals surface area (Å²) in [5.74, 6) is 0.406. The van der Waals surface area contributed by atoms with Gasteiger partial charge in [0.2, 0.25) is 5.91 Å². The zero-order chi connectivity index (χ0) is 13.5. The van der Waals surface area contributed by atoms with Gasteiger partial charge in [-0.25, -0.2) is 0 Å². The van der Waals surface area contributed by atoms with E-state index in [0.29, 0.717) is 18.0 Å². The first-order chi connectivity index (χ1) is 8.52. The molecule has 0 aromatic heterocycles. The molecule has 1 rings (SSSR count). The summed E-state index contributed by atoms with van der Waals surface area (Å²) in [4.78, 5) is 11.5. The fourth-order valence-corrected chi connectivity index (χ4v) is 1.44.